The van der Waals surface area contributed by atoms with Crippen LogP contribution in [0.1, 0.15) is 24.2 Å². The van der Waals surface area contributed by atoms with E-state index >= 15 is 0 Å². The van der Waals surface area contributed by atoms with Gasteiger partial charge in [0.25, 0.3) is 5.91 Å². The first kappa shape index (κ1) is 16.8. The smallest absolute Gasteiger partial charge is 0.251 e. The normalized spacial score (nSPS) is 11.6. The lowest BCUT2D eigenvalue weighted by atomic mass is 10.2. The number of nitrogens with one attached hydrogen (secondary N) is 2. The number of primary amides is 1. The minimum Gasteiger partial charge on any atom is -0.494 e. The standard InChI is InChI=1S/C16H19N3O3S/c1-3-22-12-6-4-11(5-7-12)18-10(2)15(21)19-16-13(14(17)20)8-9-23-16/h4-10,18H,3H2,1-2H3,(H2,17,20)(H,19,21)/t10-/m1/s1. The number of anilines is 2. The highest BCUT2D eigenvalue weighted by molar-refractivity contribution is 7.14. The molecule has 6 nitrogen and oxygen atoms in total. The molecule has 0 bridgehead atoms. The van der Waals surface area contributed by atoms with Gasteiger partial charge in [0, 0.05) is 5.69 Å². The fourth-order valence-electron chi connectivity index (χ4n) is 1.95. The largest absolute Gasteiger partial charge is 0.494 e. The van der Waals surface area contributed by atoms with Crippen molar-refractivity contribution in [1.82, 2.24) is 0 Å². The van der Waals surface area contributed by atoms with Crippen molar-refractivity contribution in [3.63, 3.8) is 0 Å². The highest BCUT2D eigenvalue weighted by atomic mass is 32.1. The molecule has 1 aromatic carbocycles. The van der Waals surface area contributed by atoms with Gasteiger partial charge in [-0.1, -0.05) is 0 Å². The molecule has 0 unspecified atom stereocenters. The average molecular weight is 333 g/mol. The van der Waals surface area contributed by atoms with E-state index in [1.807, 2.05) is 31.2 Å². The molecule has 1 heterocycles. The Morgan fingerprint density at radius 2 is 1.96 bits per heavy atom. The summed E-state index contributed by atoms with van der Waals surface area (Å²) in [7, 11) is 0. The van der Waals surface area contributed by atoms with Crippen molar-refractivity contribution in [1.29, 1.82) is 0 Å². The van der Waals surface area contributed by atoms with Gasteiger partial charge in [-0.25, -0.2) is 0 Å². The monoisotopic (exact) mass is 333 g/mol. The number of nitrogens with two attached hydrogens (primary N) is 1. The van der Waals surface area contributed by atoms with Crippen molar-refractivity contribution in [2.45, 2.75) is 19.9 Å². The molecule has 0 aliphatic heterocycles. The molecule has 0 saturated heterocycles. The number of carbonyl (C=O) groups excluding carboxylic acids is 2. The number of hydrogen-bond donors (Lipinski definition) is 3. The second-order valence-electron chi connectivity index (χ2n) is 4.84. The Kier molecular flexibility index (Phi) is 5.59. The van der Waals surface area contributed by atoms with E-state index in [1.54, 1.807) is 18.4 Å². The predicted octanol–water partition coefficient (Wildman–Crippen LogP) is 2.68. The van der Waals surface area contributed by atoms with Gasteiger partial charge in [0.15, 0.2) is 0 Å². The van der Waals surface area contributed by atoms with E-state index < -0.39 is 11.9 Å². The number of amides is 2. The fourth-order valence-corrected chi connectivity index (χ4v) is 2.75. The predicted molar refractivity (Wildman–Crippen MR) is 92.2 cm³/mol. The Morgan fingerprint density at radius 3 is 2.57 bits per heavy atom. The quantitative estimate of drug-likeness (QED) is 0.726. The Hall–Kier alpha value is -2.54. The van der Waals surface area contributed by atoms with Crippen LogP contribution in [0.4, 0.5) is 10.7 Å². The first-order valence-electron chi connectivity index (χ1n) is 7.18. The molecule has 0 fully saturated rings. The van der Waals surface area contributed by atoms with Crippen molar-refractivity contribution in [2.24, 2.45) is 5.73 Å². The van der Waals surface area contributed by atoms with Crippen molar-refractivity contribution >= 4 is 33.8 Å². The van der Waals surface area contributed by atoms with Crippen LogP contribution in [-0.2, 0) is 4.79 Å². The Morgan fingerprint density at radius 1 is 1.26 bits per heavy atom. The molecule has 1 atom stereocenters. The van der Waals surface area contributed by atoms with Crippen molar-refractivity contribution in [2.75, 3.05) is 17.2 Å². The Bertz CT molecular complexity index is 682. The van der Waals surface area contributed by atoms with Crippen molar-refractivity contribution in [3.05, 3.63) is 41.3 Å². The van der Waals surface area contributed by atoms with Gasteiger partial charge >= 0.3 is 0 Å². The minimum atomic E-state index is -0.561. The van der Waals surface area contributed by atoms with E-state index in [2.05, 4.69) is 10.6 Å². The summed E-state index contributed by atoms with van der Waals surface area (Å²) < 4.78 is 5.37. The molecule has 122 valence electrons. The maximum Gasteiger partial charge on any atom is 0.251 e. The van der Waals surface area contributed by atoms with Crippen LogP contribution in [0, 0.1) is 0 Å². The first-order valence-corrected chi connectivity index (χ1v) is 8.06. The molecule has 0 spiro atoms. The number of ether oxygens (including phenoxy) is 1. The van der Waals surface area contributed by atoms with Gasteiger partial charge in [-0.3, -0.25) is 9.59 Å². The SMILES string of the molecule is CCOc1ccc(N[C@H](C)C(=O)Nc2sccc2C(N)=O)cc1. The lowest BCUT2D eigenvalue weighted by molar-refractivity contribution is -0.116. The Labute approximate surface area is 138 Å². The van der Waals surface area contributed by atoms with Gasteiger partial charge in [-0.05, 0) is 49.6 Å². The molecular weight excluding hydrogens is 314 g/mol. The lowest BCUT2D eigenvalue weighted by Gasteiger charge is -2.15. The van der Waals surface area contributed by atoms with Crippen molar-refractivity contribution in [3.8, 4) is 5.75 Å². The second kappa shape index (κ2) is 7.64. The van der Waals surface area contributed by atoms with E-state index in [9.17, 15) is 9.59 Å². The van der Waals surface area contributed by atoms with E-state index in [0.29, 0.717) is 17.2 Å². The molecule has 0 aliphatic carbocycles. The molecule has 0 aliphatic rings. The molecule has 2 aromatic rings. The van der Waals surface area contributed by atoms with Crippen LogP contribution < -0.4 is 21.1 Å². The third-order valence-corrected chi connectivity index (χ3v) is 3.94. The first-order chi connectivity index (χ1) is 11.0. The third-order valence-electron chi connectivity index (χ3n) is 3.11. The molecule has 23 heavy (non-hydrogen) atoms. The summed E-state index contributed by atoms with van der Waals surface area (Å²) in [6.07, 6.45) is 0. The molecule has 2 rings (SSSR count). The lowest BCUT2D eigenvalue weighted by Crippen LogP contribution is -2.32. The van der Waals surface area contributed by atoms with Gasteiger partial charge in [-0.15, -0.1) is 11.3 Å². The maximum absolute atomic E-state index is 12.2. The zero-order valence-electron chi connectivity index (χ0n) is 13.0. The highest BCUT2D eigenvalue weighted by Gasteiger charge is 2.17. The molecule has 2 amide bonds. The zero-order valence-corrected chi connectivity index (χ0v) is 13.8. The van der Waals surface area contributed by atoms with Crippen molar-refractivity contribution < 1.29 is 14.3 Å². The fraction of sp³-hybridized carbons (Fsp3) is 0.250. The number of carbonyl (C=O) groups is 2. The van der Waals surface area contributed by atoms with Gasteiger partial charge in [0.2, 0.25) is 5.91 Å². The zero-order chi connectivity index (χ0) is 16.8. The van der Waals surface area contributed by atoms with Gasteiger partial charge in [-0.2, -0.15) is 0 Å². The van der Waals surface area contributed by atoms with Crippen LogP contribution in [0.5, 0.6) is 5.75 Å². The topological polar surface area (TPSA) is 93.4 Å². The summed E-state index contributed by atoms with van der Waals surface area (Å²) in [6, 6.07) is 8.47. The van der Waals surface area contributed by atoms with Gasteiger partial charge < -0.3 is 21.1 Å². The van der Waals surface area contributed by atoms with Gasteiger partial charge in [0.05, 0.1) is 12.2 Å². The van der Waals surface area contributed by atoms with E-state index in [-0.39, 0.29) is 5.91 Å². The number of thiophene rings is 1. The second-order valence-corrected chi connectivity index (χ2v) is 5.76. The van der Waals surface area contributed by atoms with Gasteiger partial charge in [0.1, 0.15) is 16.8 Å². The molecular formula is C16H19N3O3S. The molecule has 0 radical (unpaired) electrons. The van der Waals surface area contributed by atoms with Crippen LogP contribution in [-0.4, -0.2) is 24.5 Å². The molecule has 7 heteroatoms. The summed E-state index contributed by atoms with van der Waals surface area (Å²) >= 11 is 1.26. The van der Waals surface area contributed by atoms with E-state index in [1.165, 1.54) is 11.3 Å². The third kappa shape index (κ3) is 4.46. The highest BCUT2D eigenvalue weighted by Crippen LogP contribution is 2.23. The Balaban J connectivity index is 1.97. The number of hydrogen-bond acceptors (Lipinski definition) is 5. The van der Waals surface area contributed by atoms with Crippen LogP contribution in [0.3, 0.4) is 0 Å². The molecule has 0 saturated carbocycles. The van der Waals surface area contributed by atoms with Crippen LogP contribution in [0.25, 0.3) is 0 Å². The summed E-state index contributed by atoms with van der Waals surface area (Å²) in [5, 5.41) is 7.98. The van der Waals surface area contributed by atoms with Crippen LogP contribution in [0.15, 0.2) is 35.7 Å². The van der Waals surface area contributed by atoms with E-state index in [0.717, 1.165) is 11.4 Å². The molecule has 1 aromatic heterocycles. The summed E-state index contributed by atoms with van der Waals surface area (Å²) in [6.45, 7) is 4.27. The van der Waals surface area contributed by atoms with E-state index in [4.69, 9.17) is 10.5 Å². The summed E-state index contributed by atoms with van der Waals surface area (Å²) in [4.78, 5) is 23.5. The number of benzene rings is 1. The summed E-state index contributed by atoms with van der Waals surface area (Å²) in [5.41, 5.74) is 6.38. The minimum absolute atomic E-state index is 0.246. The summed E-state index contributed by atoms with van der Waals surface area (Å²) in [5.74, 6) is -0.0302. The van der Waals surface area contributed by atoms with Crippen LogP contribution in [0.2, 0.25) is 0 Å². The maximum atomic E-state index is 12.2. The average Bonchev–Trinajstić information content (AvgIpc) is 2.97. The van der Waals surface area contributed by atoms with Crippen LogP contribution >= 0.6 is 11.3 Å². The molecule has 4 N–H and O–H groups in total. The number of rotatable bonds is 7.